The summed E-state index contributed by atoms with van der Waals surface area (Å²) in [6.45, 7) is 1.60. The molecule has 2 rings (SSSR count). The van der Waals surface area contributed by atoms with E-state index < -0.39 is 9.84 Å². The second-order valence-corrected chi connectivity index (χ2v) is 7.15. The van der Waals surface area contributed by atoms with Gasteiger partial charge in [0, 0.05) is 11.9 Å². The molecule has 1 aromatic carbocycles. The van der Waals surface area contributed by atoms with E-state index in [0.717, 1.165) is 24.0 Å². The Kier molecular flexibility index (Phi) is 4.71. The molecule has 0 amide bonds. The number of pyridine rings is 1. The third kappa shape index (κ3) is 3.76. The van der Waals surface area contributed by atoms with E-state index in [-0.39, 0.29) is 10.6 Å². The molecule has 0 aliphatic carbocycles. The predicted octanol–water partition coefficient (Wildman–Crippen LogP) is 2.29. The molecule has 0 spiro atoms. The number of sulfone groups is 1. The minimum absolute atomic E-state index is 0.0651. The number of benzene rings is 1. The largest absolute Gasteiger partial charge is 0.505 e. The molecular weight excluding hydrogens is 302 g/mol. The molecule has 118 valence electrons. The van der Waals surface area contributed by atoms with Gasteiger partial charge in [-0.25, -0.2) is 8.42 Å². The Balaban J connectivity index is 2.21. The first kappa shape index (κ1) is 16.3. The van der Waals surface area contributed by atoms with E-state index >= 15 is 0 Å². The lowest BCUT2D eigenvalue weighted by atomic mass is 10.1. The van der Waals surface area contributed by atoms with Gasteiger partial charge in [0.25, 0.3) is 0 Å². The number of hydrogen-bond donors (Lipinski definition) is 1. The van der Waals surface area contributed by atoms with Gasteiger partial charge < -0.3 is 9.84 Å². The van der Waals surface area contributed by atoms with Crippen LogP contribution in [0.25, 0.3) is 0 Å². The smallest absolute Gasteiger partial charge is 0.179 e. The van der Waals surface area contributed by atoms with Crippen molar-refractivity contribution in [2.75, 3.05) is 13.4 Å². The quantitative estimate of drug-likeness (QED) is 0.914. The number of methoxy groups -OCH3 is 1. The van der Waals surface area contributed by atoms with Gasteiger partial charge in [0.1, 0.15) is 10.6 Å². The highest BCUT2D eigenvalue weighted by Crippen LogP contribution is 2.26. The summed E-state index contributed by atoms with van der Waals surface area (Å²) in [5, 5.41) is 9.84. The zero-order valence-electron chi connectivity index (χ0n) is 12.8. The molecule has 5 nitrogen and oxygen atoms in total. The van der Waals surface area contributed by atoms with E-state index in [1.807, 2.05) is 24.3 Å². The summed E-state index contributed by atoms with van der Waals surface area (Å²) in [7, 11) is -1.86. The van der Waals surface area contributed by atoms with Crippen LogP contribution < -0.4 is 4.74 Å². The summed E-state index contributed by atoms with van der Waals surface area (Å²) in [5.74, 6) is 0.525. The fraction of sp³-hybridized carbons (Fsp3) is 0.312. The molecule has 0 saturated carbocycles. The van der Waals surface area contributed by atoms with Crippen LogP contribution in [0.1, 0.15) is 17.0 Å². The maximum absolute atomic E-state index is 11.7. The van der Waals surface area contributed by atoms with Crippen molar-refractivity contribution in [1.82, 2.24) is 4.98 Å². The maximum atomic E-state index is 11.7. The number of aromatic nitrogens is 1. The molecule has 0 fully saturated rings. The average Bonchev–Trinajstić information content (AvgIpc) is 2.47. The van der Waals surface area contributed by atoms with E-state index in [0.29, 0.717) is 17.8 Å². The fourth-order valence-electron chi connectivity index (χ4n) is 2.17. The molecule has 0 aliphatic rings. The monoisotopic (exact) mass is 321 g/mol. The lowest BCUT2D eigenvalue weighted by Gasteiger charge is -2.09. The molecular formula is C16H19NO4S. The van der Waals surface area contributed by atoms with Crippen LogP contribution in [0.5, 0.6) is 11.5 Å². The first-order valence-corrected chi connectivity index (χ1v) is 8.73. The highest BCUT2D eigenvalue weighted by atomic mass is 32.2. The highest BCUT2D eigenvalue weighted by Gasteiger charge is 2.17. The van der Waals surface area contributed by atoms with Crippen molar-refractivity contribution in [2.45, 2.75) is 24.7 Å². The zero-order valence-corrected chi connectivity index (χ0v) is 13.6. The van der Waals surface area contributed by atoms with Crippen molar-refractivity contribution in [3.05, 3.63) is 47.3 Å². The second kappa shape index (κ2) is 6.36. The Morgan fingerprint density at radius 1 is 1.18 bits per heavy atom. The number of hydrogen-bond acceptors (Lipinski definition) is 5. The maximum Gasteiger partial charge on any atom is 0.179 e. The number of ether oxygens (including phenoxy) is 1. The normalized spacial score (nSPS) is 11.4. The average molecular weight is 321 g/mol. The highest BCUT2D eigenvalue weighted by molar-refractivity contribution is 7.90. The molecule has 0 aliphatic heterocycles. The topological polar surface area (TPSA) is 76.5 Å². The molecule has 22 heavy (non-hydrogen) atoms. The second-order valence-electron chi connectivity index (χ2n) is 5.17. The van der Waals surface area contributed by atoms with Gasteiger partial charge in [0.05, 0.1) is 12.8 Å². The van der Waals surface area contributed by atoms with Gasteiger partial charge in [-0.05, 0) is 43.5 Å². The van der Waals surface area contributed by atoms with Gasteiger partial charge in [-0.3, -0.25) is 4.98 Å². The standard InChI is InChI=1S/C16H19NO4S/c1-11-16(18)15(22(3,19)20)10-13(17-11)7-4-12-5-8-14(21-2)9-6-12/h5-6,8-10,18H,4,7H2,1-3H3. The summed E-state index contributed by atoms with van der Waals surface area (Å²) >= 11 is 0. The molecule has 1 aromatic heterocycles. The van der Waals surface area contributed by atoms with Crippen molar-refractivity contribution in [1.29, 1.82) is 0 Å². The Labute approximate surface area is 130 Å². The van der Waals surface area contributed by atoms with Crippen LogP contribution in [0.15, 0.2) is 35.2 Å². The molecule has 0 atom stereocenters. The SMILES string of the molecule is COc1ccc(CCc2cc(S(C)(=O)=O)c(O)c(C)n2)cc1. The molecule has 0 bridgehead atoms. The van der Waals surface area contributed by atoms with Crippen molar-refractivity contribution < 1.29 is 18.3 Å². The van der Waals surface area contributed by atoms with Gasteiger partial charge in [-0.2, -0.15) is 0 Å². The van der Waals surface area contributed by atoms with Gasteiger partial charge in [0.15, 0.2) is 15.6 Å². The minimum Gasteiger partial charge on any atom is -0.505 e. The third-order valence-electron chi connectivity index (χ3n) is 3.41. The van der Waals surface area contributed by atoms with Crippen LogP contribution in [0.2, 0.25) is 0 Å². The number of nitrogens with zero attached hydrogens (tertiary/aromatic N) is 1. The Hall–Kier alpha value is -2.08. The molecule has 2 aromatic rings. The molecule has 1 heterocycles. The molecule has 6 heteroatoms. The molecule has 0 unspecified atom stereocenters. The van der Waals surface area contributed by atoms with Crippen molar-refractivity contribution in [2.24, 2.45) is 0 Å². The summed E-state index contributed by atoms with van der Waals surface area (Å²) in [6, 6.07) is 9.13. The van der Waals surface area contributed by atoms with E-state index in [4.69, 9.17) is 4.74 Å². The van der Waals surface area contributed by atoms with Crippen molar-refractivity contribution in [3.63, 3.8) is 0 Å². The summed E-state index contributed by atoms with van der Waals surface area (Å²) in [5.41, 5.74) is 2.08. The first-order chi connectivity index (χ1) is 10.3. The zero-order chi connectivity index (χ0) is 16.3. The molecule has 1 N–H and O–H groups in total. The van der Waals surface area contributed by atoms with Crippen LogP contribution >= 0.6 is 0 Å². The summed E-state index contributed by atoms with van der Waals surface area (Å²) in [4.78, 5) is 4.19. The van der Waals surface area contributed by atoms with Gasteiger partial charge in [0.2, 0.25) is 0 Å². The predicted molar refractivity (Wildman–Crippen MR) is 84.2 cm³/mol. The summed E-state index contributed by atoms with van der Waals surface area (Å²) < 4.78 is 28.5. The lowest BCUT2D eigenvalue weighted by Crippen LogP contribution is -2.04. The third-order valence-corrected chi connectivity index (χ3v) is 4.52. The fourth-order valence-corrected chi connectivity index (χ4v) is 3.02. The van der Waals surface area contributed by atoms with Crippen LogP contribution in [0.3, 0.4) is 0 Å². The van der Waals surface area contributed by atoms with Crippen molar-refractivity contribution in [3.8, 4) is 11.5 Å². The van der Waals surface area contributed by atoms with Crippen LogP contribution in [0, 0.1) is 6.92 Å². The number of aryl methyl sites for hydroxylation is 3. The molecule has 0 saturated heterocycles. The lowest BCUT2D eigenvalue weighted by molar-refractivity contribution is 0.414. The van der Waals surface area contributed by atoms with E-state index in [2.05, 4.69) is 4.98 Å². The van der Waals surface area contributed by atoms with E-state index in [9.17, 15) is 13.5 Å². The Morgan fingerprint density at radius 2 is 1.82 bits per heavy atom. The Morgan fingerprint density at radius 3 is 2.36 bits per heavy atom. The van der Waals surface area contributed by atoms with E-state index in [1.54, 1.807) is 14.0 Å². The van der Waals surface area contributed by atoms with Crippen LogP contribution in [-0.2, 0) is 22.7 Å². The van der Waals surface area contributed by atoms with Crippen LogP contribution in [0.4, 0.5) is 0 Å². The van der Waals surface area contributed by atoms with Gasteiger partial charge in [-0.15, -0.1) is 0 Å². The Bertz CT molecular complexity index is 767. The van der Waals surface area contributed by atoms with Crippen LogP contribution in [-0.4, -0.2) is 31.9 Å². The van der Waals surface area contributed by atoms with E-state index in [1.165, 1.54) is 6.07 Å². The van der Waals surface area contributed by atoms with Gasteiger partial charge >= 0.3 is 0 Å². The van der Waals surface area contributed by atoms with Crippen molar-refractivity contribution >= 4 is 9.84 Å². The molecule has 0 radical (unpaired) electrons. The summed E-state index contributed by atoms with van der Waals surface area (Å²) in [6.07, 6.45) is 2.40. The number of rotatable bonds is 5. The minimum atomic E-state index is -3.48. The first-order valence-electron chi connectivity index (χ1n) is 6.83. The van der Waals surface area contributed by atoms with Gasteiger partial charge in [-0.1, -0.05) is 12.1 Å². The number of aromatic hydroxyl groups is 1.